The van der Waals surface area contributed by atoms with Crippen LogP contribution in [0.25, 0.3) is 0 Å². The number of carbonyl (C=O) groups is 3. The molecule has 1 aliphatic rings. The monoisotopic (exact) mass is 381 g/mol. The highest BCUT2D eigenvalue weighted by atomic mass is 16.6. The SMILES string of the molecule is CC[C@@H](C)c1ccccc1NC(=O)CN1C(=O)c2cccc([N+](=O)[O-])c2C1=O. The van der Waals surface area contributed by atoms with Gasteiger partial charge in [0, 0.05) is 11.8 Å². The molecule has 0 spiro atoms. The van der Waals surface area contributed by atoms with Crippen molar-refractivity contribution in [1.82, 2.24) is 4.90 Å². The minimum absolute atomic E-state index is 0.0630. The minimum Gasteiger partial charge on any atom is -0.324 e. The van der Waals surface area contributed by atoms with Crippen molar-refractivity contribution in [2.24, 2.45) is 0 Å². The van der Waals surface area contributed by atoms with E-state index in [-0.39, 0.29) is 17.0 Å². The summed E-state index contributed by atoms with van der Waals surface area (Å²) >= 11 is 0. The fourth-order valence-electron chi connectivity index (χ4n) is 3.21. The Balaban J connectivity index is 1.81. The number of nitro benzene ring substituents is 1. The molecule has 1 aliphatic heterocycles. The van der Waals surface area contributed by atoms with Crippen molar-refractivity contribution in [2.75, 3.05) is 11.9 Å². The molecule has 144 valence electrons. The predicted molar refractivity (Wildman–Crippen MR) is 102 cm³/mol. The van der Waals surface area contributed by atoms with Gasteiger partial charge in [-0.05, 0) is 30.0 Å². The zero-order valence-corrected chi connectivity index (χ0v) is 15.5. The van der Waals surface area contributed by atoms with Gasteiger partial charge in [-0.25, -0.2) is 0 Å². The molecule has 0 aromatic heterocycles. The number of imide groups is 1. The molecule has 1 heterocycles. The fraction of sp³-hybridized carbons (Fsp3) is 0.250. The molecule has 0 fully saturated rings. The van der Waals surface area contributed by atoms with Gasteiger partial charge in [0.15, 0.2) is 0 Å². The van der Waals surface area contributed by atoms with Crippen LogP contribution >= 0.6 is 0 Å². The van der Waals surface area contributed by atoms with Crippen LogP contribution in [0.4, 0.5) is 11.4 Å². The molecular weight excluding hydrogens is 362 g/mol. The number of fused-ring (bicyclic) bond motifs is 1. The average molecular weight is 381 g/mol. The van der Waals surface area contributed by atoms with E-state index in [4.69, 9.17) is 0 Å². The summed E-state index contributed by atoms with van der Waals surface area (Å²) in [5, 5.41) is 13.9. The number of nitrogens with zero attached hydrogens (tertiary/aromatic N) is 2. The molecule has 0 unspecified atom stereocenters. The summed E-state index contributed by atoms with van der Waals surface area (Å²) in [4.78, 5) is 48.7. The molecule has 2 aromatic carbocycles. The van der Waals surface area contributed by atoms with Crippen LogP contribution in [0.3, 0.4) is 0 Å². The van der Waals surface area contributed by atoms with Gasteiger partial charge in [0.25, 0.3) is 17.5 Å². The van der Waals surface area contributed by atoms with Crippen LogP contribution in [0.5, 0.6) is 0 Å². The lowest BCUT2D eigenvalue weighted by molar-refractivity contribution is -0.385. The van der Waals surface area contributed by atoms with Gasteiger partial charge in [-0.1, -0.05) is 38.1 Å². The summed E-state index contributed by atoms with van der Waals surface area (Å²) in [7, 11) is 0. The second-order valence-electron chi connectivity index (χ2n) is 6.60. The molecule has 8 nitrogen and oxygen atoms in total. The maximum Gasteiger partial charge on any atom is 0.282 e. The van der Waals surface area contributed by atoms with Crippen LogP contribution in [-0.4, -0.2) is 34.1 Å². The number of nitro groups is 1. The number of nitrogens with one attached hydrogen (secondary N) is 1. The number of hydrogen-bond donors (Lipinski definition) is 1. The first kappa shape index (κ1) is 19.2. The van der Waals surface area contributed by atoms with Crippen molar-refractivity contribution < 1.29 is 19.3 Å². The van der Waals surface area contributed by atoms with Crippen molar-refractivity contribution in [1.29, 1.82) is 0 Å². The molecule has 3 amide bonds. The van der Waals surface area contributed by atoms with E-state index in [0.29, 0.717) is 5.69 Å². The Morgan fingerprint density at radius 2 is 1.86 bits per heavy atom. The molecule has 0 aliphatic carbocycles. The van der Waals surface area contributed by atoms with Crippen LogP contribution in [0, 0.1) is 10.1 Å². The number of anilines is 1. The van der Waals surface area contributed by atoms with E-state index in [0.717, 1.165) is 23.0 Å². The summed E-state index contributed by atoms with van der Waals surface area (Å²) in [5.41, 5.74) is 0.791. The lowest BCUT2D eigenvalue weighted by Gasteiger charge is -2.17. The second-order valence-corrected chi connectivity index (χ2v) is 6.60. The van der Waals surface area contributed by atoms with Crippen LogP contribution in [0.1, 0.15) is 52.5 Å². The highest BCUT2D eigenvalue weighted by molar-refractivity contribution is 6.24. The summed E-state index contributed by atoms with van der Waals surface area (Å²) in [5.74, 6) is -1.88. The lowest BCUT2D eigenvalue weighted by Crippen LogP contribution is -2.37. The Morgan fingerprint density at radius 1 is 1.14 bits per heavy atom. The first-order valence-corrected chi connectivity index (χ1v) is 8.87. The fourth-order valence-corrected chi connectivity index (χ4v) is 3.21. The van der Waals surface area contributed by atoms with Crippen molar-refractivity contribution in [3.8, 4) is 0 Å². The molecule has 0 saturated heterocycles. The number of rotatable bonds is 6. The number of benzene rings is 2. The summed E-state index contributed by atoms with van der Waals surface area (Å²) in [6, 6.07) is 11.2. The Hall–Kier alpha value is -3.55. The maximum absolute atomic E-state index is 12.6. The molecule has 28 heavy (non-hydrogen) atoms. The van der Waals surface area contributed by atoms with Gasteiger partial charge in [-0.3, -0.25) is 29.4 Å². The first-order chi connectivity index (χ1) is 13.3. The minimum atomic E-state index is -0.835. The number of carbonyl (C=O) groups excluding carboxylic acids is 3. The third-order valence-corrected chi connectivity index (χ3v) is 4.85. The first-order valence-electron chi connectivity index (χ1n) is 8.87. The smallest absolute Gasteiger partial charge is 0.282 e. The third-order valence-electron chi connectivity index (χ3n) is 4.85. The average Bonchev–Trinajstić information content (AvgIpc) is 2.92. The Labute approximate surface area is 161 Å². The Bertz CT molecular complexity index is 986. The largest absolute Gasteiger partial charge is 0.324 e. The molecule has 0 bridgehead atoms. The van der Waals surface area contributed by atoms with Crippen LogP contribution in [0.2, 0.25) is 0 Å². The van der Waals surface area contributed by atoms with E-state index in [1.165, 1.54) is 12.1 Å². The van der Waals surface area contributed by atoms with E-state index < -0.39 is 34.9 Å². The second kappa shape index (κ2) is 7.59. The van der Waals surface area contributed by atoms with Crippen molar-refractivity contribution in [3.63, 3.8) is 0 Å². The third kappa shape index (κ3) is 3.36. The van der Waals surface area contributed by atoms with E-state index in [2.05, 4.69) is 5.32 Å². The summed E-state index contributed by atoms with van der Waals surface area (Å²) < 4.78 is 0. The number of amides is 3. The molecule has 1 N–H and O–H groups in total. The van der Waals surface area contributed by atoms with Crippen molar-refractivity contribution in [3.05, 3.63) is 69.3 Å². The van der Waals surface area contributed by atoms with Crippen LogP contribution in [0.15, 0.2) is 42.5 Å². The standard InChI is InChI=1S/C20H19N3O5/c1-3-12(2)13-7-4-5-9-15(13)21-17(24)11-22-19(25)14-8-6-10-16(23(27)28)18(14)20(22)26/h4-10,12H,3,11H2,1-2H3,(H,21,24)/t12-/m1/s1. The molecule has 2 aromatic rings. The van der Waals surface area contributed by atoms with Crippen LogP contribution in [-0.2, 0) is 4.79 Å². The van der Waals surface area contributed by atoms with Gasteiger partial charge in [-0.2, -0.15) is 0 Å². The van der Waals surface area contributed by atoms with E-state index in [1.54, 1.807) is 12.1 Å². The van der Waals surface area contributed by atoms with E-state index in [1.807, 2.05) is 26.0 Å². The summed E-state index contributed by atoms with van der Waals surface area (Å²) in [6.45, 7) is 3.56. The van der Waals surface area contributed by atoms with Gasteiger partial charge in [-0.15, -0.1) is 0 Å². The van der Waals surface area contributed by atoms with Crippen molar-refractivity contribution >= 4 is 29.1 Å². The molecular formula is C20H19N3O5. The molecule has 1 atom stereocenters. The quantitative estimate of drug-likeness (QED) is 0.469. The number of para-hydroxylation sites is 1. The molecule has 0 saturated carbocycles. The highest BCUT2D eigenvalue weighted by Crippen LogP contribution is 2.31. The zero-order chi connectivity index (χ0) is 20.4. The van der Waals surface area contributed by atoms with Gasteiger partial charge in [0.05, 0.1) is 10.5 Å². The van der Waals surface area contributed by atoms with Gasteiger partial charge >= 0.3 is 0 Å². The Kier molecular flexibility index (Phi) is 5.21. The van der Waals surface area contributed by atoms with Crippen LogP contribution < -0.4 is 5.32 Å². The van der Waals surface area contributed by atoms with Gasteiger partial charge < -0.3 is 5.32 Å². The zero-order valence-electron chi connectivity index (χ0n) is 15.5. The van der Waals surface area contributed by atoms with E-state index >= 15 is 0 Å². The normalized spacial score (nSPS) is 14.0. The highest BCUT2D eigenvalue weighted by Gasteiger charge is 2.41. The number of hydrogen-bond acceptors (Lipinski definition) is 5. The van der Waals surface area contributed by atoms with Gasteiger partial charge in [0.2, 0.25) is 5.91 Å². The molecule has 3 rings (SSSR count). The molecule has 0 radical (unpaired) electrons. The maximum atomic E-state index is 12.6. The summed E-state index contributed by atoms with van der Waals surface area (Å²) in [6.07, 6.45) is 0.884. The Morgan fingerprint density at radius 3 is 2.54 bits per heavy atom. The predicted octanol–water partition coefficient (Wildman–Crippen LogP) is 3.34. The van der Waals surface area contributed by atoms with E-state index in [9.17, 15) is 24.5 Å². The topological polar surface area (TPSA) is 110 Å². The lowest BCUT2D eigenvalue weighted by atomic mass is 9.97. The molecule has 8 heteroatoms. The van der Waals surface area contributed by atoms with Crippen molar-refractivity contribution in [2.45, 2.75) is 26.2 Å². The van der Waals surface area contributed by atoms with Gasteiger partial charge in [0.1, 0.15) is 12.1 Å².